The monoisotopic (exact) mass is 521 g/mol. The predicted molar refractivity (Wildman–Crippen MR) is 127 cm³/mol. The summed E-state index contributed by atoms with van der Waals surface area (Å²) >= 11 is 6.13. The van der Waals surface area contributed by atoms with Crippen LogP contribution in [0.3, 0.4) is 0 Å². The second kappa shape index (κ2) is 9.66. The average molecular weight is 522 g/mol. The van der Waals surface area contributed by atoms with Crippen molar-refractivity contribution in [2.75, 3.05) is 23.1 Å². The number of benzene rings is 2. The van der Waals surface area contributed by atoms with E-state index >= 15 is 0 Å². The average Bonchev–Trinajstić information content (AvgIpc) is 3.36. The minimum absolute atomic E-state index is 0.0351. The van der Waals surface area contributed by atoms with Crippen LogP contribution in [-0.4, -0.2) is 50.1 Å². The zero-order chi connectivity index (χ0) is 24.3. The molecule has 2 aromatic carbocycles. The highest BCUT2D eigenvalue weighted by molar-refractivity contribution is 7.92. The molecule has 0 aliphatic carbocycles. The summed E-state index contributed by atoms with van der Waals surface area (Å²) in [6.45, 7) is 0.825. The number of halogens is 1. The van der Waals surface area contributed by atoms with E-state index < -0.39 is 26.0 Å². The lowest BCUT2D eigenvalue weighted by Crippen LogP contribution is -2.28. The Labute approximate surface area is 202 Å². The van der Waals surface area contributed by atoms with Gasteiger partial charge in [-0.25, -0.2) is 31.5 Å². The number of nitrogens with one attached hydrogen (secondary N) is 2. The molecule has 3 aromatic rings. The normalized spacial score (nSPS) is 14.6. The van der Waals surface area contributed by atoms with Crippen molar-refractivity contribution in [3.8, 4) is 0 Å². The number of hydrogen-bond donors (Lipinski definition) is 2. The van der Waals surface area contributed by atoms with Crippen molar-refractivity contribution in [2.24, 2.45) is 0 Å². The summed E-state index contributed by atoms with van der Waals surface area (Å²) in [7, 11) is -7.73. The summed E-state index contributed by atoms with van der Waals surface area (Å²) in [5.74, 6) is -0.636. The summed E-state index contributed by atoms with van der Waals surface area (Å²) in [5, 5.41) is 2.66. The molecule has 0 unspecified atom stereocenters. The Morgan fingerprint density at radius 2 is 1.59 bits per heavy atom. The molecule has 1 saturated heterocycles. The van der Waals surface area contributed by atoms with Gasteiger partial charge < -0.3 is 5.32 Å². The van der Waals surface area contributed by atoms with Crippen LogP contribution in [0.1, 0.15) is 23.2 Å². The van der Waals surface area contributed by atoms with E-state index in [0.29, 0.717) is 18.8 Å². The van der Waals surface area contributed by atoms with Gasteiger partial charge in [0.2, 0.25) is 16.0 Å². The summed E-state index contributed by atoms with van der Waals surface area (Å²) in [6, 6.07) is 11.0. The Morgan fingerprint density at radius 1 is 0.941 bits per heavy atom. The first kappa shape index (κ1) is 24.1. The molecule has 1 aromatic heterocycles. The topological polar surface area (TPSA) is 138 Å². The Balaban J connectivity index is 1.50. The molecular formula is C21H20ClN5O5S2. The second-order valence-electron chi connectivity index (χ2n) is 7.41. The molecule has 1 amide bonds. The van der Waals surface area contributed by atoms with E-state index in [0.717, 1.165) is 12.8 Å². The van der Waals surface area contributed by atoms with Crippen molar-refractivity contribution >= 4 is 49.2 Å². The van der Waals surface area contributed by atoms with Gasteiger partial charge in [0.05, 0.1) is 9.92 Å². The Morgan fingerprint density at radius 3 is 2.24 bits per heavy atom. The van der Waals surface area contributed by atoms with Gasteiger partial charge in [0.15, 0.2) is 0 Å². The Hall–Kier alpha value is -3.06. The third-order valence-corrected chi connectivity index (χ3v) is 8.81. The van der Waals surface area contributed by atoms with Gasteiger partial charge in [0, 0.05) is 36.7 Å². The maximum absolute atomic E-state index is 12.9. The maximum atomic E-state index is 12.9. The standard InChI is InChI=1S/C21H20ClN5O5S2/c22-18-9-4-15(14-19(18)34(31,32)27-12-1-2-13-27)20(28)25-16-5-7-17(8-6-16)33(29,30)26-21-23-10-3-11-24-21/h3-11,14H,1-2,12-13H2,(H,25,28)(H,23,24,26). The SMILES string of the molecule is O=C(Nc1ccc(S(=O)(=O)Nc2ncccn2)cc1)c1ccc(Cl)c(S(=O)(=O)N2CCCC2)c1. The number of carbonyl (C=O) groups excluding carboxylic acids is 1. The van der Waals surface area contributed by atoms with Crippen LogP contribution in [0, 0.1) is 0 Å². The van der Waals surface area contributed by atoms with E-state index in [4.69, 9.17) is 11.6 Å². The quantitative estimate of drug-likeness (QED) is 0.487. The zero-order valence-corrected chi connectivity index (χ0v) is 20.1. The van der Waals surface area contributed by atoms with E-state index in [1.807, 2.05) is 0 Å². The highest BCUT2D eigenvalue weighted by Gasteiger charge is 2.29. The summed E-state index contributed by atoms with van der Waals surface area (Å²) in [6.07, 6.45) is 4.36. The van der Waals surface area contributed by atoms with Crippen molar-refractivity contribution in [2.45, 2.75) is 22.6 Å². The highest BCUT2D eigenvalue weighted by Crippen LogP contribution is 2.28. The molecule has 4 rings (SSSR count). The van der Waals surface area contributed by atoms with Crippen LogP contribution in [0.2, 0.25) is 5.02 Å². The number of anilines is 2. The van der Waals surface area contributed by atoms with Crippen LogP contribution >= 0.6 is 11.6 Å². The Bertz CT molecular complexity index is 1410. The molecule has 0 radical (unpaired) electrons. The van der Waals surface area contributed by atoms with Crippen LogP contribution < -0.4 is 10.0 Å². The molecular weight excluding hydrogens is 502 g/mol. The first-order valence-electron chi connectivity index (χ1n) is 10.2. The van der Waals surface area contributed by atoms with Crippen LogP contribution in [0.5, 0.6) is 0 Å². The molecule has 0 atom stereocenters. The lowest BCUT2D eigenvalue weighted by Gasteiger charge is -2.17. The summed E-state index contributed by atoms with van der Waals surface area (Å²) in [5.41, 5.74) is 0.417. The first-order valence-corrected chi connectivity index (χ1v) is 13.5. The first-order chi connectivity index (χ1) is 16.2. The second-order valence-corrected chi connectivity index (χ2v) is 11.4. The molecule has 2 N–H and O–H groups in total. The number of hydrogen-bond acceptors (Lipinski definition) is 7. The van der Waals surface area contributed by atoms with Gasteiger partial charge in [-0.2, -0.15) is 4.31 Å². The molecule has 1 aliphatic rings. The number of amides is 1. The van der Waals surface area contributed by atoms with Crippen LogP contribution in [0.25, 0.3) is 0 Å². The van der Waals surface area contributed by atoms with Crippen molar-refractivity contribution in [3.63, 3.8) is 0 Å². The number of carbonyl (C=O) groups is 1. The molecule has 0 spiro atoms. The minimum atomic E-state index is -3.92. The molecule has 1 fully saturated rings. The number of sulfonamides is 2. The van der Waals surface area contributed by atoms with E-state index in [9.17, 15) is 21.6 Å². The van der Waals surface area contributed by atoms with Gasteiger partial charge in [0.25, 0.3) is 15.9 Å². The van der Waals surface area contributed by atoms with Gasteiger partial charge in [0.1, 0.15) is 4.90 Å². The third kappa shape index (κ3) is 5.20. The molecule has 178 valence electrons. The highest BCUT2D eigenvalue weighted by atomic mass is 35.5. The van der Waals surface area contributed by atoms with Crippen LogP contribution in [0.4, 0.5) is 11.6 Å². The molecule has 10 nitrogen and oxygen atoms in total. The van der Waals surface area contributed by atoms with Crippen molar-refractivity contribution < 1.29 is 21.6 Å². The lowest BCUT2D eigenvalue weighted by atomic mass is 10.2. The van der Waals surface area contributed by atoms with Gasteiger partial charge in [-0.05, 0) is 61.4 Å². The van der Waals surface area contributed by atoms with E-state index in [-0.39, 0.29) is 26.3 Å². The van der Waals surface area contributed by atoms with E-state index in [1.165, 1.54) is 59.2 Å². The molecule has 34 heavy (non-hydrogen) atoms. The van der Waals surface area contributed by atoms with E-state index in [2.05, 4.69) is 20.0 Å². The number of aromatic nitrogens is 2. The van der Waals surface area contributed by atoms with Gasteiger partial charge in [-0.15, -0.1) is 0 Å². The summed E-state index contributed by atoms with van der Waals surface area (Å²) < 4.78 is 54.3. The maximum Gasteiger partial charge on any atom is 0.264 e. The molecule has 0 bridgehead atoms. The number of rotatable bonds is 7. The minimum Gasteiger partial charge on any atom is -0.322 e. The van der Waals surface area contributed by atoms with Crippen molar-refractivity contribution in [1.82, 2.24) is 14.3 Å². The largest absolute Gasteiger partial charge is 0.322 e. The predicted octanol–water partition coefficient (Wildman–Crippen LogP) is 2.97. The summed E-state index contributed by atoms with van der Waals surface area (Å²) in [4.78, 5) is 20.2. The molecule has 0 saturated carbocycles. The molecule has 13 heteroatoms. The molecule has 2 heterocycles. The fraction of sp³-hybridized carbons (Fsp3) is 0.190. The van der Waals surface area contributed by atoms with Crippen molar-refractivity contribution in [3.05, 3.63) is 71.5 Å². The van der Waals surface area contributed by atoms with Crippen LogP contribution in [0.15, 0.2) is 70.7 Å². The number of nitrogens with zero attached hydrogens (tertiary/aromatic N) is 3. The zero-order valence-electron chi connectivity index (χ0n) is 17.7. The molecule has 1 aliphatic heterocycles. The fourth-order valence-electron chi connectivity index (χ4n) is 3.36. The van der Waals surface area contributed by atoms with Crippen molar-refractivity contribution in [1.29, 1.82) is 0 Å². The smallest absolute Gasteiger partial charge is 0.264 e. The van der Waals surface area contributed by atoms with Crippen LogP contribution in [-0.2, 0) is 20.0 Å². The Kier molecular flexibility index (Phi) is 6.84. The van der Waals surface area contributed by atoms with Gasteiger partial charge in [-0.1, -0.05) is 11.6 Å². The third-order valence-electron chi connectivity index (χ3n) is 5.09. The lowest BCUT2D eigenvalue weighted by molar-refractivity contribution is 0.102. The van der Waals surface area contributed by atoms with Gasteiger partial charge >= 0.3 is 0 Å². The fourth-order valence-corrected chi connectivity index (χ4v) is 6.34. The van der Waals surface area contributed by atoms with Gasteiger partial charge in [-0.3, -0.25) is 4.79 Å². The van der Waals surface area contributed by atoms with E-state index in [1.54, 1.807) is 6.07 Å².